The maximum atomic E-state index is 13.0. The van der Waals surface area contributed by atoms with E-state index in [1.165, 1.54) is 0 Å². The van der Waals surface area contributed by atoms with Crippen molar-refractivity contribution in [2.45, 2.75) is 26.2 Å². The van der Waals surface area contributed by atoms with Crippen molar-refractivity contribution in [1.82, 2.24) is 4.98 Å². The molecule has 0 aliphatic heterocycles. The Labute approximate surface area is 199 Å². The van der Waals surface area contributed by atoms with E-state index < -0.39 is 0 Å². The number of carbonyl (C=O) groups is 2. The van der Waals surface area contributed by atoms with Crippen LogP contribution < -0.4 is 15.4 Å². The first-order valence-electron chi connectivity index (χ1n) is 11.0. The van der Waals surface area contributed by atoms with E-state index >= 15 is 0 Å². The number of carbonyl (C=O) groups excluding carboxylic acids is 2. The minimum Gasteiger partial charge on any atom is -0.495 e. The predicted octanol–water partition coefficient (Wildman–Crippen LogP) is 6.66. The zero-order valence-electron chi connectivity index (χ0n) is 19.7. The molecule has 6 heteroatoms. The Morgan fingerprint density at radius 1 is 0.912 bits per heavy atom. The Morgan fingerprint density at radius 2 is 1.65 bits per heavy atom. The van der Waals surface area contributed by atoms with Gasteiger partial charge in [0, 0.05) is 17.1 Å². The molecule has 172 valence electrons. The minimum atomic E-state index is -0.362. The van der Waals surface area contributed by atoms with Crippen molar-refractivity contribution in [2.75, 3.05) is 17.7 Å². The SMILES string of the molecule is COc1ccc(C(C)(C)C)cc1NC(=O)Nc1ccc(-c2ccc(C=O)nc2)c2ccccc12. The quantitative estimate of drug-likeness (QED) is 0.331. The van der Waals surface area contributed by atoms with Crippen molar-refractivity contribution < 1.29 is 14.3 Å². The molecule has 0 bridgehead atoms. The van der Waals surface area contributed by atoms with Gasteiger partial charge in [0.1, 0.15) is 11.4 Å². The number of nitrogens with zero attached hydrogens (tertiary/aromatic N) is 1. The van der Waals surface area contributed by atoms with Crippen LogP contribution in [0.15, 0.2) is 72.9 Å². The number of methoxy groups -OCH3 is 1. The van der Waals surface area contributed by atoms with Crippen LogP contribution in [0.2, 0.25) is 0 Å². The molecule has 0 saturated heterocycles. The Hall–Kier alpha value is -4.19. The van der Waals surface area contributed by atoms with Gasteiger partial charge in [-0.25, -0.2) is 4.79 Å². The third-order valence-corrected chi connectivity index (χ3v) is 5.70. The number of anilines is 2. The van der Waals surface area contributed by atoms with Crippen LogP contribution in [0.25, 0.3) is 21.9 Å². The van der Waals surface area contributed by atoms with Gasteiger partial charge in [0.2, 0.25) is 0 Å². The van der Waals surface area contributed by atoms with E-state index in [-0.39, 0.29) is 11.4 Å². The zero-order chi connectivity index (χ0) is 24.3. The number of urea groups is 1. The monoisotopic (exact) mass is 453 g/mol. The number of pyridine rings is 1. The highest BCUT2D eigenvalue weighted by atomic mass is 16.5. The molecule has 1 heterocycles. The number of benzene rings is 3. The minimum absolute atomic E-state index is 0.0655. The summed E-state index contributed by atoms with van der Waals surface area (Å²) < 4.78 is 5.45. The van der Waals surface area contributed by atoms with Crippen LogP contribution in [0.1, 0.15) is 36.8 Å². The molecule has 6 nitrogen and oxygen atoms in total. The van der Waals surface area contributed by atoms with Gasteiger partial charge in [0.25, 0.3) is 0 Å². The molecule has 34 heavy (non-hydrogen) atoms. The number of hydrogen-bond donors (Lipinski definition) is 2. The molecule has 0 aliphatic carbocycles. The smallest absolute Gasteiger partial charge is 0.323 e. The summed E-state index contributed by atoms with van der Waals surface area (Å²) in [4.78, 5) is 28.1. The molecule has 4 rings (SSSR count). The fourth-order valence-electron chi connectivity index (χ4n) is 3.84. The Morgan fingerprint density at radius 3 is 2.29 bits per heavy atom. The topological polar surface area (TPSA) is 80.3 Å². The molecule has 1 aromatic heterocycles. The lowest BCUT2D eigenvalue weighted by Crippen LogP contribution is -2.21. The molecular formula is C28H27N3O3. The largest absolute Gasteiger partial charge is 0.495 e. The van der Waals surface area contributed by atoms with Gasteiger partial charge in [-0.2, -0.15) is 0 Å². The van der Waals surface area contributed by atoms with Crippen molar-refractivity contribution in [1.29, 1.82) is 0 Å². The van der Waals surface area contributed by atoms with E-state index in [1.807, 2.05) is 60.7 Å². The molecule has 2 amide bonds. The molecular weight excluding hydrogens is 426 g/mol. The number of aldehydes is 1. The van der Waals surface area contributed by atoms with Gasteiger partial charge >= 0.3 is 6.03 Å². The molecule has 0 spiro atoms. The molecule has 0 radical (unpaired) electrons. The molecule has 0 saturated carbocycles. The number of amides is 2. The molecule has 4 aromatic rings. The van der Waals surface area contributed by atoms with E-state index in [9.17, 15) is 9.59 Å². The first-order chi connectivity index (χ1) is 16.3. The first kappa shape index (κ1) is 23.0. The van der Waals surface area contributed by atoms with Crippen molar-refractivity contribution in [3.05, 3.63) is 84.2 Å². The van der Waals surface area contributed by atoms with E-state index in [0.29, 0.717) is 22.8 Å². The van der Waals surface area contributed by atoms with E-state index in [1.54, 1.807) is 19.4 Å². The Bertz CT molecular complexity index is 1360. The normalized spacial score (nSPS) is 11.2. The molecule has 2 N–H and O–H groups in total. The Kier molecular flexibility index (Phi) is 6.32. The second kappa shape index (κ2) is 9.35. The summed E-state index contributed by atoms with van der Waals surface area (Å²) in [7, 11) is 1.58. The van der Waals surface area contributed by atoms with Crippen LogP contribution in [0, 0.1) is 0 Å². The fraction of sp³-hybridized carbons (Fsp3) is 0.179. The summed E-state index contributed by atoms with van der Waals surface area (Å²) in [5.41, 5.74) is 4.55. The highest BCUT2D eigenvalue weighted by molar-refractivity contribution is 6.10. The van der Waals surface area contributed by atoms with Gasteiger partial charge in [-0.1, -0.05) is 63.2 Å². The van der Waals surface area contributed by atoms with Crippen LogP contribution in [0.3, 0.4) is 0 Å². The Balaban J connectivity index is 1.64. The lowest BCUT2D eigenvalue weighted by Gasteiger charge is -2.21. The predicted molar refractivity (Wildman–Crippen MR) is 137 cm³/mol. The summed E-state index contributed by atoms with van der Waals surface area (Å²) >= 11 is 0. The van der Waals surface area contributed by atoms with Crippen LogP contribution in [0.5, 0.6) is 5.75 Å². The number of aromatic nitrogens is 1. The maximum Gasteiger partial charge on any atom is 0.323 e. The van der Waals surface area contributed by atoms with Gasteiger partial charge in [-0.15, -0.1) is 0 Å². The number of nitrogens with one attached hydrogen (secondary N) is 2. The standard InChI is InChI=1S/C28H27N3O3/c1-28(2,3)19-10-14-26(34-4)25(15-19)31-27(33)30-24-13-12-21(22-7-5-6-8-23(22)24)18-9-11-20(17-32)29-16-18/h5-17H,1-4H3,(H2,30,31,33). The van der Waals surface area contributed by atoms with Crippen molar-refractivity contribution in [3.8, 4) is 16.9 Å². The average Bonchev–Trinajstić information content (AvgIpc) is 2.84. The number of rotatable bonds is 5. The van der Waals surface area contributed by atoms with Gasteiger partial charge < -0.3 is 15.4 Å². The fourth-order valence-corrected chi connectivity index (χ4v) is 3.84. The summed E-state index contributed by atoms with van der Waals surface area (Å²) in [6, 6.07) is 20.7. The van der Waals surface area contributed by atoms with E-state index in [2.05, 4.69) is 36.4 Å². The van der Waals surface area contributed by atoms with Crippen LogP contribution in [-0.4, -0.2) is 24.4 Å². The third kappa shape index (κ3) is 4.76. The summed E-state index contributed by atoms with van der Waals surface area (Å²) in [6.45, 7) is 6.36. The number of fused-ring (bicyclic) bond motifs is 1. The summed E-state index contributed by atoms with van der Waals surface area (Å²) in [5.74, 6) is 0.592. The molecule has 0 atom stereocenters. The third-order valence-electron chi connectivity index (χ3n) is 5.70. The molecule has 0 aliphatic rings. The highest BCUT2D eigenvalue weighted by Crippen LogP contribution is 2.34. The molecule has 0 fully saturated rings. The number of hydrogen-bond acceptors (Lipinski definition) is 4. The van der Waals surface area contributed by atoms with Crippen molar-refractivity contribution >= 4 is 34.5 Å². The second-order valence-corrected chi connectivity index (χ2v) is 9.04. The van der Waals surface area contributed by atoms with E-state index in [0.717, 1.165) is 33.7 Å². The second-order valence-electron chi connectivity index (χ2n) is 9.04. The van der Waals surface area contributed by atoms with Crippen molar-refractivity contribution in [2.24, 2.45) is 0 Å². The summed E-state index contributed by atoms with van der Waals surface area (Å²) in [5, 5.41) is 7.76. The lowest BCUT2D eigenvalue weighted by atomic mass is 9.87. The first-order valence-corrected chi connectivity index (χ1v) is 11.0. The maximum absolute atomic E-state index is 13.0. The molecule has 0 unspecified atom stereocenters. The number of ether oxygens (including phenoxy) is 1. The molecule has 3 aromatic carbocycles. The van der Waals surface area contributed by atoms with Crippen molar-refractivity contribution in [3.63, 3.8) is 0 Å². The van der Waals surface area contributed by atoms with Crippen LogP contribution >= 0.6 is 0 Å². The van der Waals surface area contributed by atoms with Gasteiger partial charge in [0.05, 0.1) is 18.5 Å². The van der Waals surface area contributed by atoms with E-state index in [4.69, 9.17) is 4.74 Å². The summed E-state index contributed by atoms with van der Waals surface area (Å²) in [6.07, 6.45) is 2.40. The van der Waals surface area contributed by atoms with Gasteiger partial charge in [-0.3, -0.25) is 9.78 Å². The van der Waals surface area contributed by atoms with Crippen LogP contribution in [0.4, 0.5) is 16.2 Å². The van der Waals surface area contributed by atoms with Gasteiger partial charge in [-0.05, 0) is 46.2 Å². The van der Waals surface area contributed by atoms with Gasteiger partial charge in [0.15, 0.2) is 6.29 Å². The average molecular weight is 454 g/mol. The zero-order valence-corrected chi connectivity index (χ0v) is 19.7. The highest BCUT2D eigenvalue weighted by Gasteiger charge is 2.17. The lowest BCUT2D eigenvalue weighted by molar-refractivity contribution is 0.111. The van der Waals surface area contributed by atoms with Crippen LogP contribution in [-0.2, 0) is 5.41 Å².